The summed E-state index contributed by atoms with van der Waals surface area (Å²) < 4.78 is 14.9. The molecule has 0 unspecified atom stereocenters. The van der Waals surface area contributed by atoms with Crippen LogP contribution in [0.5, 0.6) is 0 Å². The third-order valence-corrected chi connectivity index (χ3v) is 4.20. The Kier molecular flexibility index (Phi) is 4.77. The van der Waals surface area contributed by atoms with Crippen molar-refractivity contribution in [1.29, 1.82) is 0 Å². The molecule has 7 nitrogen and oxygen atoms in total. The van der Waals surface area contributed by atoms with Crippen molar-refractivity contribution >= 4 is 33.4 Å². The molecule has 0 spiro atoms. The van der Waals surface area contributed by atoms with Gasteiger partial charge in [0.1, 0.15) is 0 Å². The van der Waals surface area contributed by atoms with E-state index in [1.54, 1.807) is 0 Å². The van der Waals surface area contributed by atoms with Crippen molar-refractivity contribution in [2.45, 2.75) is 20.0 Å². The van der Waals surface area contributed by atoms with Crippen molar-refractivity contribution in [2.75, 3.05) is 0 Å². The Morgan fingerprint density at radius 1 is 1.43 bits per heavy atom. The fraction of sp³-hybridized carbons (Fsp3) is 0.214. The molecule has 2 aromatic heterocycles. The SMILES string of the molecule is CCc1nnsc1C(=O)OCc1nc(-c2cccc(Br)c2)no1. The number of esters is 1. The number of hydrogen-bond donors (Lipinski definition) is 0. The van der Waals surface area contributed by atoms with Crippen LogP contribution in [0.1, 0.15) is 28.2 Å². The topological polar surface area (TPSA) is 91.0 Å². The summed E-state index contributed by atoms with van der Waals surface area (Å²) in [5.74, 6) is 0.175. The first-order chi connectivity index (χ1) is 11.2. The highest BCUT2D eigenvalue weighted by atomic mass is 79.9. The highest BCUT2D eigenvalue weighted by Gasteiger charge is 2.18. The number of carbonyl (C=O) groups excluding carboxylic acids is 1. The Morgan fingerprint density at radius 2 is 2.30 bits per heavy atom. The fourth-order valence-electron chi connectivity index (χ4n) is 1.85. The predicted octanol–water partition coefficient (Wildman–Crippen LogP) is 3.27. The zero-order valence-electron chi connectivity index (χ0n) is 12.0. The van der Waals surface area contributed by atoms with Gasteiger partial charge in [-0.2, -0.15) is 4.98 Å². The molecular formula is C14H11BrN4O3S. The van der Waals surface area contributed by atoms with E-state index in [9.17, 15) is 4.79 Å². The molecule has 0 saturated heterocycles. The summed E-state index contributed by atoms with van der Waals surface area (Å²) in [5, 5.41) is 7.76. The number of rotatable bonds is 5. The third-order valence-electron chi connectivity index (χ3n) is 2.95. The molecule has 0 aliphatic rings. The lowest BCUT2D eigenvalue weighted by Crippen LogP contribution is -2.06. The molecule has 23 heavy (non-hydrogen) atoms. The molecule has 0 bridgehead atoms. The first-order valence-corrected chi connectivity index (χ1v) is 8.31. The lowest BCUT2D eigenvalue weighted by Gasteiger charge is -1.99. The summed E-state index contributed by atoms with van der Waals surface area (Å²) in [7, 11) is 0. The van der Waals surface area contributed by atoms with Gasteiger partial charge in [0.25, 0.3) is 5.89 Å². The number of halogens is 1. The second-order valence-electron chi connectivity index (χ2n) is 4.50. The van der Waals surface area contributed by atoms with Crippen LogP contribution in [0.15, 0.2) is 33.3 Å². The molecule has 0 aliphatic carbocycles. The zero-order chi connectivity index (χ0) is 16.2. The summed E-state index contributed by atoms with van der Waals surface area (Å²) in [6, 6.07) is 7.51. The van der Waals surface area contributed by atoms with E-state index in [2.05, 4.69) is 35.7 Å². The van der Waals surface area contributed by atoms with E-state index in [0.717, 1.165) is 21.6 Å². The molecule has 0 saturated carbocycles. The summed E-state index contributed by atoms with van der Waals surface area (Å²) in [6.45, 7) is 1.80. The molecule has 0 fully saturated rings. The van der Waals surface area contributed by atoms with Gasteiger partial charge in [-0.15, -0.1) is 5.10 Å². The van der Waals surface area contributed by atoms with Gasteiger partial charge in [-0.05, 0) is 30.1 Å². The number of aromatic nitrogens is 4. The maximum Gasteiger partial charge on any atom is 0.352 e. The smallest absolute Gasteiger partial charge is 0.352 e. The number of carbonyl (C=O) groups is 1. The molecule has 118 valence electrons. The average Bonchev–Trinajstić information content (AvgIpc) is 3.21. The van der Waals surface area contributed by atoms with Gasteiger partial charge in [0, 0.05) is 10.0 Å². The Bertz CT molecular complexity index is 833. The standard InChI is InChI=1S/C14H11BrN4O3S/c1-2-10-12(23-19-17-10)14(20)21-7-11-16-13(18-22-11)8-4-3-5-9(15)6-8/h3-6H,2,7H2,1H3. The summed E-state index contributed by atoms with van der Waals surface area (Å²) >= 11 is 4.40. The molecular weight excluding hydrogens is 384 g/mol. The lowest BCUT2D eigenvalue weighted by atomic mass is 10.2. The van der Waals surface area contributed by atoms with Gasteiger partial charge in [-0.25, -0.2) is 4.79 Å². The van der Waals surface area contributed by atoms with Crippen LogP contribution in [0.4, 0.5) is 0 Å². The molecule has 0 N–H and O–H groups in total. The predicted molar refractivity (Wildman–Crippen MR) is 85.8 cm³/mol. The van der Waals surface area contributed by atoms with Crippen molar-refractivity contribution in [3.63, 3.8) is 0 Å². The van der Waals surface area contributed by atoms with E-state index < -0.39 is 5.97 Å². The molecule has 0 atom stereocenters. The van der Waals surface area contributed by atoms with Gasteiger partial charge in [-0.1, -0.05) is 44.6 Å². The van der Waals surface area contributed by atoms with Crippen LogP contribution in [0.25, 0.3) is 11.4 Å². The number of nitrogens with zero attached hydrogens (tertiary/aromatic N) is 4. The maximum absolute atomic E-state index is 12.0. The largest absolute Gasteiger partial charge is 0.451 e. The van der Waals surface area contributed by atoms with Crippen LogP contribution in [-0.4, -0.2) is 25.7 Å². The maximum atomic E-state index is 12.0. The van der Waals surface area contributed by atoms with Crippen LogP contribution in [0, 0.1) is 0 Å². The van der Waals surface area contributed by atoms with Gasteiger partial charge in [0.2, 0.25) is 5.82 Å². The quantitative estimate of drug-likeness (QED) is 0.613. The van der Waals surface area contributed by atoms with Crippen LogP contribution in [0.3, 0.4) is 0 Å². The van der Waals surface area contributed by atoms with Gasteiger partial charge in [0.05, 0.1) is 5.69 Å². The third kappa shape index (κ3) is 3.62. The van der Waals surface area contributed by atoms with E-state index in [1.165, 1.54) is 0 Å². The average molecular weight is 395 g/mol. The van der Waals surface area contributed by atoms with Crippen molar-refractivity contribution in [3.05, 3.63) is 45.2 Å². The second-order valence-corrected chi connectivity index (χ2v) is 6.17. The highest BCUT2D eigenvalue weighted by molar-refractivity contribution is 9.10. The van der Waals surface area contributed by atoms with Gasteiger partial charge in [0.15, 0.2) is 11.5 Å². The number of ether oxygens (including phenoxy) is 1. The number of hydrogen-bond acceptors (Lipinski definition) is 8. The van der Waals surface area contributed by atoms with Crippen molar-refractivity contribution in [1.82, 2.24) is 19.7 Å². The highest BCUT2D eigenvalue weighted by Crippen LogP contribution is 2.20. The molecule has 9 heteroatoms. The van der Waals surface area contributed by atoms with Crippen LogP contribution < -0.4 is 0 Å². The van der Waals surface area contributed by atoms with Crippen LogP contribution in [-0.2, 0) is 17.8 Å². The summed E-state index contributed by atoms with van der Waals surface area (Å²) in [6.07, 6.45) is 0.620. The van der Waals surface area contributed by atoms with Crippen LogP contribution in [0.2, 0.25) is 0 Å². The minimum atomic E-state index is -0.487. The van der Waals surface area contributed by atoms with E-state index in [1.807, 2.05) is 31.2 Å². The Balaban J connectivity index is 1.67. The first kappa shape index (κ1) is 15.8. The number of aryl methyl sites for hydroxylation is 1. The second kappa shape index (κ2) is 6.97. The Hall–Kier alpha value is -2.13. The molecule has 2 heterocycles. The van der Waals surface area contributed by atoms with E-state index in [-0.39, 0.29) is 12.5 Å². The fourth-order valence-corrected chi connectivity index (χ4v) is 2.89. The molecule has 0 amide bonds. The molecule has 1 aromatic carbocycles. The normalized spacial score (nSPS) is 10.7. The summed E-state index contributed by atoms with van der Waals surface area (Å²) in [5.41, 5.74) is 1.43. The molecule has 3 rings (SSSR count). The Labute approximate surface area is 144 Å². The zero-order valence-corrected chi connectivity index (χ0v) is 14.4. The van der Waals surface area contributed by atoms with E-state index in [0.29, 0.717) is 22.8 Å². The van der Waals surface area contributed by atoms with E-state index in [4.69, 9.17) is 9.26 Å². The van der Waals surface area contributed by atoms with Gasteiger partial charge in [-0.3, -0.25) is 0 Å². The van der Waals surface area contributed by atoms with Crippen molar-refractivity contribution in [2.24, 2.45) is 0 Å². The van der Waals surface area contributed by atoms with Crippen molar-refractivity contribution < 1.29 is 14.1 Å². The van der Waals surface area contributed by atoms with E-state index >= 15 is 0 Å². The van der Waals surface area contributed by atoms with Crippen LogP contribution >= 0.6 is 27.5 Å². The summed E-state index contributed by atoms with van der Waals surface area (Å²) in [4.78, 5) is 16.6. The molecule has 3 aromatic rings. The van der Waals surface area contributed by atoms with Crippen molar-refractivity contribution in [3.8, 4) is 11.4 Å². The minimum Gasteiger partial charge on any atom is -0.451 e. The van der Waals surface area contributed by atoms with Gasteiger partial charge >= 0.3 is 5.97 Å². The first-order valence-electron chi connectivity index (χ1n) is 6.74. The monoisotopic (exact) mass is 394 g/mol. The molecule has 0 aliphatic heterocycles. The minimum absolute atomic E-state index is 0.0963. The number of benzene rings is 1. The molecule has 0 radical (unpaired) electrons. The lowest BCUT2D eigenvalue weighted by molar-refractivity contribution is 0.0434. The van der Waals surface area contributed by atoms with Gasteiger partial charge < -0.3 is 9.26 Å². The Morgan fingerprint density at radius 3 is 3.09 bits per heavy atom.